The van der Waals surface area contributed by atoms with Gasteiger partial charge in [0.15, 0.2) is 5.82 Å². The Balaban J connectivity index is 1.22. The topological polar surface area (TPSA) is 140 Å². The highest BCUT2D eigenvalue weighted by atomic mass is 35.5. The van der Waals surface area contributed by atoms with Gasteiger partial charge in [0, 0.05) is 31.7 Å². The number of nitrogens with two attached hydrogens (primary N) is 1. The Kier molecular flexibility index (Phi) is 8.33. The van der Waals surface area contributed by atoms with E-state index in [1.165, 1.54) is 10.9 Å². The fourth-order valence-corrected chi connectivity index (χ4v) is 5.58. The molecule has 3 N–H and O–H groups in total. The summed E-state index contributed by atoms with van der Waals surface area (Å²) in [6.07, 6.45) is 4.17. The third-order valence-electron chi connectivity index (χ3n) is 7.94. The van der Waals surface area contributed by atoms with Gasteiger partial charge < -0.3 is 20.9 Å². The lowest BCUT2D eigenvalue weighted by Crippen LogP contribution is -2.29. The number of halogens is 1. The zero-order chi connectivity index (χ0) is 31.7. The molecule has 1 fully saturated rings. The second-order valence-electron chi connectivity index (χ2n) is 11.0. The molecule has 6 rings (SSSR count). The first-order valence-electron chi connectivity index (χ1n) is 14.6. The number of nitrogens with zero attached hydrogens (tertiary/aromatic N) is 8. The number of anilines is 3. The van der Waals surface area contributed by atoms with E-state index in [2.05, 4.69) is 32.1 Å². The van der Waals surface area contributed by atoms with Crippen LogP contribution in [0.1, 0.15) is 22.5 Å². The first kappa shape index (κ1) is 30.0. The maximum atomic E-state index is 13.3. The highest BCUT2D eigenvalue weighted by Gasteiger charge is 2.23. The van der Waals surface area contributed by atoms with Crippen LogP contribution in [0, 0.1) is 6.92 Å². The van der Waals surface area contributed by atoms with Crippen LogP contribution in [-0.2, 0) is 7.05 Å². The summed E-state index contributed by atoms with van der Waals surface area (Å²) in [5.74, 6) is 0.567. The SMILES string of the molecule is Cc1c(C(=O)Nc2ccc(-c3nc(-c4cccc(N5CCCN(C)CC5)n4)cnc3N)nc2)c(=O)n(-c2cccc(Cl)c2)n1C. The number of rotatable bonds is 6. The third-order valence-corrected chi connectivity index (χ3v) is 8.17. The van der Waals surface area contributed by atoms with Crippen LogP contribution in [0.15, 0.2) is 71.8 Å². The molecule has 0 aliphatic carbocycles. The van der Waals surface area contributed by atoms with Crippen LogP contribution in [0.5, 0.6) is 0 Å². The van der Waals surface area contributed by atoms with E-state index in [1.807, 2.05) is 18.2 Å². The Labute approximate surface area is 265 Å². The predicted molar refractivity (Wildman–Crippen MR) is 176 cm³/mol. The highest BCUT2D eigenvalue weighted by molar-refractivity contribution is 6.30. The molecule has 1 aromatic carbocycles. The van der Waals surface area contributed by atoms with Crippen LogP contribution in [-0.4, -0.2) is 73.3 Å². The Morgan fingerprint density at radius 3 is 2.51 bits per heavy atom. The van der Waals surface area contributed by atoms with Gasteiger partial charge in [-0.2, -0.15) is 0 Å². The van der Waals surface area contributed by atoms with Gasteiger partial charge in [-0.25, -0.2) is 19.6 Å². The first-order chi connectivity index (χ1) is 21.7. The second kappa shape index (κ2) is 12.5. The quantitative estimate of drug-likeness (QED) is 0.286. The van der Waals surface area contributed by atoms with Crippen molar-refractivity contribution in [3.63, 3.8) is 0 Å². The molecule has 0 bridgehead atoms. The van der Waals surface area contributed by atoms with Gasteiger partial charge in [-0.3, -0.25) is 19.3 Å². The van der Waals surface area contributed by atoms with Gasteiger partial charge in [0.05, 0.1) is 40.9 Å². The van der Waals surface area contributed by atoms with Crippen LogP contribution in [0.25, 0.3) is 28.5 Å². The summed E-state index contributed by atoms with van der Waals surface area (Å²) >= 11 is 6.13. The first-order valence-corrected chi connectivity index (χ1v) is 14.9. The molecule has 12 nitrogen and oxygen atoms in total. The number of carbonyl (C=O) groups is 1. The van der Waals surface area contributed by atoms with Gasteiger partial charge in [0.25, 0.3) is 11.5 Å². The van der Waals surface area contributed by atoms with Crippen molar-refractivity contribution >= 4 is 34.8 Å². The van der Waals surface area contributed by atoms with Crippen LogP contribution in [0.3, 0.4) is 0 Å². The van der Waals surface area contributed by atoms with E-state index in [-0.39, 0.29) is 11.4 Å². The van der Waals surface area contributed by atoms with Crippen molar-refractivity contribution in [3.8, 4) is 28.5 Å². The van der Waals surface area contributed by atoms with Gasteiger partial charge in [-0.05, 0) is 69.4 Å². The molecule has 1 aliphatic rings. The number of hydrogen-bond acceptors (Lipinski definition) is 9. The zero-order valence-electron chi connectivity index (χ0n) is 25.2. The summed E-state index contributed by atoms with van der Waals surface area (Å²) in [5.41, 5.74) is 9.37. The lowest BCUT2D eigenvalue weighted by atomic mass is 10.2. The third kappa shape index (κ3) is 6.15. The average molecular weight is 625 g/mol. The number of carbonyl (C=O) groups excluding carboxylic acids is 1. The van der Waals surface area contributed by atoms with Crippen molar-refractivity contribution in [1.82, 2.24) is 34.2 Å². The molecule has 45 heavy (non-hydrogen) atoms. The molecule has 5 heterocycles. The minimum Gasteiger partial charge on any atom is -0.382 e. The van der Waals surface area contributed by atoms with Gasteiger partial charge in [0.2, 0.25) is 0 Å². The van der Waals surface area contributed by atoms with E-state index in [0.717, 1.165) is 38.4 Å². The summed E-state index contributed by atoms with van der Waals surface area (Å²) in [4.78, 5) is 49.7. The zero-order valence-corrected chi connectivity index (χ0v) is 26.0. The van der Waals surface area contributed by atoms with Crippen molar-refractivity contribution in [2.24, 2.45) is 7.05 Å². The fraction of sp³-hybridized carbons (Fsp3) is 0.250. The van der Waals surface area contributed by atoms with E-state index in [4.69, 9.17) is 27.3 Å². The largest absolute Gasteiger partial charge is 0.382 e. The molecule has 230 valence electrons. The van der Waals surface area contributed by atoms with Crippen molar-refractivity contribution in [2.45, 2.75) is 13.3 Å². The predicted octanol–water partition coefficient (Wildman–Crippen LogP) is 4.03. The number of nitrogens with one attached hydrogen (secondary N) is 1. The van der Waals surface area contributed by atoms with Crippen LogP contribution < -0.4 is 21.5 Å². The van der Waals surface area contributed by atoms with E-state index in [9.17, 15) is 9.59 Å². The van der Waals surface area contributed by atoms with Gasteiger partial charge in [-0.15, -0.1) is 0 Å². The number of amides is 1. The molecule has 0 radical (unpaired) electrons. The number of nitrogen functional groups attached to an aromatic ring is 1. The molecule has 0 spiro atoms. The molecule has 0 unspecified atom stereocenters. The van der Waals surface area contributed by atoms with Crippen LogP contribution in [0.4, 0.5) is 17.3 Å². The minimum atomic E-state index is -0.549. The van der Waals surface area contributed by atoms with Crippen molar-refractivity contribution in [3.05, 3.63) is 93.6 Å². The van der Waals surface area contributed by atoms with Crippen molar-refractivity contribution in [2.75, 3.05) is 49.2 Å². The number of aromatic nitrogens is 6. The standard InChI is InChI=1S/C32H33ClN10O2/c1-20-28(32(45)43(41(20)3)23-8-4-7-21(33)17-23)31(44)37-22-11-12-25(35-18-22)29-30(34)36-19-26(39-29)24-9-5-10-27(38-24)42-14-6-13-40(2)15-16-42/h4-5,7-12,17-19H,6,13-16H2,1-3H3,(H2,34,36)(H,37,44). The monoisotopic (exact) mass is 624 g/mol. The molecule has 1 amide bonds. The molecule has 0 atom stereocenters. The summed E-state index contributed by atoms with van der Waals surface area (Å²) in [7, 11) is 3.85. The Morgan fingerprint density at radius 1 is 0.911 bits per heavy atom. The highest BCUT2D eigenvalue weighted by Crippen LogP contribution is 2.26. The smallest absolute Gasteiger partial charge is 0.284 e. The fourth-order valence-electron chi connectivity index (χ4n) is 5.40. The van der Waals surface area contributed by atoms with Gasteiger partial charge >= 0.3 is 0 Å². The van der Waals surface area contributed by atoms with Gasteiger partial charge in [-0.1, -0.05) is 23.7 Å². The number of hydrogen-bond donors (Lipinski definition) is 2. The molecule has 4 aromatic heterocycles. The normalized spacial score (nSPS) is 13.9. The minimum absolute atomic E-state index is 0.0197. The number of benzene rings is 1. The summed E-state index contributed by atoms with van der Waals surface area (Å²) < 4.78 is 3.03. The summed E-state index contributed by atoms with van der Waals surface area (Å²) in [5, 5.41) is 3.26. The van der Waals surface area contributed by atoms with E-state index < -0.39 is 11.5 Å². The molecule has 0 saturated carbocycles. The molecule has 5 aromatic rings. The Bertz CT molecular complexity index is 1940. The maximum absolute atomic E-state index is 13.3. The second-order valence-corrected chi connectivity index (χ2v) is 11.4. The molecule has 1 saturated heterocycles. The molecule has 1 aliphatic heterocycles. The average Bonchev–Trinajstić information content (AvgIpc) is 3.14. The van der Waals surface area contributed by atoms with E-state index in [1.54, 1.807) is 61.2 Å². The number of pyridine rings is 2. The Hall–Kier alpha value is -5.07. The summed E-state index contributed by atoms with van der Waals surface area (Å²) in [6, 6.07) is 16.1. The maximum Gasteiger partial charge on any atom is 0.284 e. The lowest BCUT2D eigenvalue weighted by Gasteiger charge is -2.22. The van der Waals surface area contributed by atoms with Crippen LogP contribution >= 0.6 is 11.6 Å². The Morgan fingerprint density at radius 2 is 1.73 bits per heavy atom. The van der Waals surface area contributed by atoms with E-state index in [0.29, 0.717) is 44.9 Å². The lowest BCUT2D eigenvalue weighted by molar-refractivity contribution is 0.102. The van der Waals surface area contributed by atoms with Crippen molar-refractivity contribution in [1.29, 1.82) is 0 Å². The van der Waals surface area contributed by atoms with Crippen LogP contribution in [0.2, 0.25) is 5.02 Å². The summed E-state index contributed by atoms with van der Waals surface area (Å²) in [6.45, 7) is 5.60. The molecular weight excluding hydrogens is 592 g/mol. The molecular formula is C32H33ClN10O2. The number of likely N-dealkylation sites (N-methyl/N-ethyl adjacent to an activating group) is 1. The van der Waals surface area contributed by atoms with Crippen molar-refractivity contribution < 1.29 is 4.79 Å². The van der Waals surface area contributed by atoms with Gasteiger partial charge in [0.1, 0.15) is 22.8 Å². The van der Waals surface area contributed by atoms with E-state index >= 15 is 0 Å². The molecule has 13 heteroatoms.